The van der Waals surface area contributed by atoms with Crippen molar-refractivity contribution < 1.29 is 17.6 Å². The Morgan fingerprint density at radius 3 is 2.33 bits per heavy atom. The molecule has 1 aliphatic rings. The number of aromatic amines is 1. The van der Waals surface area contributed by atoms with E-state index in [-0.39, 0.29) is 17.9 Å². The molecular weight excluding hydrogens is 554 g/mol. The van der Waals surface area contributed by atoms with Crippen LogP contribution in [0.3, 0.4) is 0 Å². The maximum atomic E-state index is 14.9. The second-order valence-corrected chi connectivity index (χ2v) is 10.3. The van der Waals surface area contributed by atoms with Gasteiger partial charge in [0.2, 0.25) is 0 Å². The molecule has 0 spiro atoms. The van der Waals surface area contributed by atoms with E-state index in [0.717, 1.165) is 33.0 Å². The van der Waals surface area contributed by atoms with Crippen molar-refractivity contribution in [1.29, 1.82) is 0 Å². The summed E-state index contributed by atoms with van der Waals surface area (Å²) in [6, 6.07) is 10.8. The number of alkyl halides is 3. The maximum Gasteiger partial charge on any atom is 0.416 e. The largest absolute Gasteiger partial charge is 0.416 e. The molecular formula is C29H31F4N7O2. The Kier molecular flexibility index (Phi) is 8.32. The van der Waals surface area contributed by atoms with Crippen molar-refractivity contribution in [1.82, 2.24) is 24.0 Å². The average Bonchev–Trinajstić information content (AvgIpc) is 3.48. The van der Waals surface area contributed by atoms with Crippen LogP contribution in [0.25, 0.3) is 0 Å². The molecule has 13 heteroatoms. The number of anilines is 1. The fraction of sp³-hybridized carbons (Fsp3) is 0.345. The van der Waals surface area contributed by atoms with Crippen LogP contribution in [-0.4, -0.2) is 50.2 Å². The van der Waals surface area contributed by atoms with E-state index in [1.165, 1.54) is 6.92 Å². The van der Waals surface area contributed by atoms with Gasteiger partial charge >= 0.3 is 11.9 Å². The highest BCUT2D eigenvalue weighted by Gasteiger charge is 2.35. The van der Waals surface area contributed by atoms with Crippen molar-refractivity contribution in [3.8, 4) is 0 Å². The van der Waals surface area contributed by atoms with Crippen LogP contribution >= 0.6 is 0 Å². The van der Waals surface area contributed by atoms with Gasteiger partial charge in [0.05, 0.1) is 25.0 Å². The summed E-state index contributed by atoms with van der Waals surface area (Å²) in [7, 11) is 0. The van der Waals surface area contributed by atoms with Gasteiger partial charge in [0.1, 0.15) is 11.5 Å². The number of imidazole rings is 1. The Morgan fingerprint density at radius 1 is 0.976 bits per heavy atom. The molecule has 0 bridgehead atoms. The predicted molar refractivity (Wildman–Crippen MR) is 150 cm³/mol. The fourth-order valence-electron chi connectivity index (χ4n) is 5.38. The molecule has 2 aromatic carbocycles. The summed E-state index contributed by atoms with van der Waals surface area (Å²) in [5, 5.41) is 0. The van der Waals surface area contributed by atoms with Crippen LogP contribution in [0.2, 0.25) is 0 Å². The van der Waals surface area contributed by atoms with Gasteiger partial charge in [-0.1, -0.05) is 36.4 Å². The molecule has 222 valence electrons. The van der Waals surface area contributed by atoms with Gasteiger partial charge in [0, 0.05) is 61.9 Å². The van der Waals surface area contributed by atoms with E-state index in [9.17, 15) is 27.2 Å². The molecule has 2 aromatic heterocycles. The second-order valence-electron chi connectivity index (χ2n) is 10.3. The van der Waals surface area contributed by atoms with Crippen LogP contribution in [0, 0.1) is 12.7 Å². The third-order valence-corrected chi connectivity index (χ3v) is 7.64. The lowest BCUT2D eigenvalue weighted by Crippen LogP contribution is -2.51. The number of rotatable bonds is 8. The normalized spacial score (nSPS) is 15.2. The Morgan fingerprint density at radius 2 is 1.69 bits per heavy atom. The average molecular weight is 586 g/mol. The minimum atomic E-state index is -4.84. The molecule has 9 nitrogen and oxygen atoms in total. The zero-order valence-corrected chi connectivity index (χ0v) is 22.9. The number of hydrogen-bond acceptors (Lipinski definition) is 6. The van der Waals surface area contributed by atoms with Gasteiger partial charge in [0.25, 0.3) is 5.56 Å². The highest BCUT2D eigenvalue weighted by molar-refractivity contribution is 5.50. The summed E-state index contributed by atoms with van der Waals surface area (Å²) in [6.07, 6.45) is -1.51. The number of aromatic nitrogens is 4. The fourth-order valence-corrected chi connectivity index (χ4v) is 5.38. The Labute approximate surface area is 238 Å². The van der Waals surface area contributed by atoms with Crippen LogP contribution in [0.1, 0.15) is 34.1 Å². The maximum absolute atomic E-state index is 14.9. The lowest BCUT2D eigenvalue weighted by Gasteiger charge is -2.36. The zero-order valence-electron chi connectivity index (χ0n) is 22.9. The van der Waals surface area contributed by atoms with Gasteiger partial charge in [-0.2, -0.15) is 13.2 Å². The van der Waals surface area contributed by atoms with Crippen molar-refractivity contribution in [2.75, 3.05) is 31.1 Å². The first-order chi connectivity index (χ1) is 20.0. The molecule has 0 unspecified atom stereocenters. The quantitative estimate of drug-likeness (QED) is 0.308. The molecule has 3 N–H and O–H groups in total. The van der Waals surface area contributed by atoms with Gasteiger partial charge in [0.15, 0.2) is 0 Å². The number of piperazine rings is 1. The van der Waals surface area contributed by atoms with Gasteiger partial charge in [-0.3, -0.25) is 18.8 Å². The molecule has 0 radical (unpaired) electrons. The number of halogens is 4. The van der Waals surface area contributed by atoms with Crippen molar-refractivity contribution in [3.63, 3.8) is 0 Å². The van der Waals surface area contributed by atoms with E-state index in [1.54, 1.807) is 42.9 Å². The highest BCUT2D eigenvalue weighted by atomic mass is 19.4. The first kappa shape index (κ1) is 29.3. The smallest absolute Gasteiger partial charge is 0.363 e. The van der Waals surface area contributed by atoms with E-state index in [2.05, 4.69) is 14.9 Å². The van der Waals surface area contributed by atoms with E-state index < -0.39 is 47.0 Å². The molecule has 1 fully saturated rings. The lowest BCUT2D eigenvalue weighted by molar-refractivity contribution is -0.138. The Balaban J connectivity index is 1.56. The summed E-state index contributed by atoms with van der Waals surface area (Å²) < 4.78 is 58.4. The van der Waals surface area contributed by atoms with Crippen molar-refractivity contribution in [3.05, 3.63) is 116 Å². The van der Waals surface area contributed by atoms with Gasteiger partial charge in [-0.15, -0.1) is 0 Å². The molecule has 0 amide bonds. The molecule has 3 heterocycles. The molecule has 0 saturated carbocycles. The third kappa shape index (κ3) is 6.02. The number of H-pyrrole nitrogens is 1. The monoisotopic (exact) mass is 585 g/mol. The Bertz CT molecular complexity index is 1640. The highest BCUT2D eigenvalue weighted by Crippen LogP contribution is 2.33. The van der Waals surface area contributed by atoms with Crippen molar-refractivity contribution >= 4 is 5.69 Å². The molecule has 0 aliphatic carbocycles. The predicted octanol–water partition coefficient (Wildman–Crippen LogP) is 3.27. The van der Waals surface area contributed by atoms with E-state index in [4.69, 9.17) is 5.73 Å². The number of nitrogens with two attached hydrogens (primary N) is 1. The van der Waals surface area contributed by atoms with Crippen LogP contribution in [0.15, 0.2) is 70.6 Å². The SMILES string of the molecule is Cc1c(N2CCN(Cc3cnc[nH]3)CC2)c(=O)n(C[C@@H](N)c2ccccc2)c(=O)n1Cc1c(F)cccc1C(F)(F)F. The standard InChI is InChI=1S/C29H31F4N7O2/c1-19-26(38-12-10-37(11-13-38)15-21-14-35-18-36-21)27(41)40(17-25(34)20-6-3-2-4-7-20)28(42)39(19)16-22-23(29(31,32)33)8-5-9-24(22)30/h2-9,14,18,25H,10-13,15-17,34H2,1H3,(H,35,36)/t25-/m1/s1. The minimum Gasteiger partial charge on any atom is -0.363 e. The minimum absolute atomic E-state index is 0.160. The summed E-state index contributed by atoms with van der Waals surface area (Å²) >= 11 is 0. The van der Waals surface area contributed by atoms with E-state index in [0.29, 0.717) is 38.3 Å². The summed E-state index contributed by atoms with van der Waals surface area (Å²) in [5.74, 6) is -1.09. The molecule has 5 rings (SSSR count). The molecule has 42 heavy (non-hydrogen) atoms. The molecule has 4 aromatic rings. The van der Waals surface area contributed by atoms with E-state index in [1.807, 2.05) is 4.90 Å². The number of hydrogen-bond donors (Lipinski definition) is 2. The van der Waals surface area contributed by atoms with Gasteiger partial charge in [-0.25, -0.2) is 14.2 Å². The van der Waals surface area contributed by atoms with Crippen LogP contribution < -0.4 is 21.9 Å². The van der Waals surface area contributed by atoms with Crippen molar-refractivity contribution in [2.24, 2.45) is 5.73 Å². The first-order valence-electron chi connectivity index (χ1n) is 13.5. The van der Waals surface area contributed by atoms with Crippen LogP contribution in [-0.2, 0) is 25.8 Å². The molecule has 1 saturated heterocycles. The Hall–Kier alpha value is -4.23. The van der Waals surface area contributed by atoms with E-state index >= 15 is 0 Å². The molecule has 1 aliphatic heterocycles. The summed E-state index contributed by atoms with van der Waals surface area (Å²) in [5.41, 5.74) is 5.03. The number of benzene rings is 2. The topological polar surface area (TPSA) is 105 Å². The van der Waals surface area contributed by atoms with Crippen LogP contribution in [0.5, 0.6) is 0 Å². The van der Waals surface area contributed by atoms with Crippen LogP contribution in [0.4, 0.5) is 23.2 Å². The zero-order chi connectivity index (χ0) is 30.0. The lowest BCUT2D eigenvalue weighted by atomic mass is 10.1. The molecule has 1 atom stereocenters. The summed E-state index contributed by atoms with van der Waals surface area (Å²) in [4.78, 5) is 38.7. The third-order valence-electron chi connectivity index (χ3n) is 7.64. The first-order valence-corrected chi connectivity index (χ1v) is 13.5. The van der Waals surface area contributed by atoms with Crippen molar-refractivity contribution in [2.45, 2.75) is 38.8 Å². The van der Waals surface area contributed by atoms with Gasteiger partial charge in [-0.05, 0) is 24.6 Å². The number of nitrogens with zero attached hydrogens (tertiary/aromatic N) is 5. The second kappa shape index (κ2) is 11.9. The summed E-state index contributed by atoms with van der Waals surface area (Å²) in [6.45, 7) is 3.26. The van der Waals surface area contributed by atoms with Gasteiger partial charge < -0.3 is 15.6 Å². The number of nitrogens with one attached hydrogen (secondary N) is 1.